The second kappa shape index (κ2) is 9.78. The Morgan fingerprint density at radius 3 is 2.30 bits per heavy atom. The van der Waals surface area contributed by atoms with Gasteiger partial charge in [-0.2, -0.15) is 0 Å². The van der Waals surface area contributed by atoms with Crippen LogP contribution in [0.4, 0.5) is 0 Å². The van der Waals surface area contributed by atoms with Gasteiger partial charge < -0.3 is 9.32 Å². The first kappa shape index (κ1) is 25.1. The molecule has 2 atom stereocenters. The maximum atomic E-state index is 6.49. The Labute approximate surface area is 255 Å². The maximum Gasteiger partial charge on any atom is 0.144 e. The number of fused-ring (bicyclic) bond motifs is 8. The number of furan rings is 1. The molecule has 9 rings (SSSR count). The van der Waals surface area contributed by atoms with Crippen LogP contribution in [0.25, 0.3) is 66.0 Å². The Hall–Kier alpha value is -5.48. The van der Waals surface area contributed by atoms with Crippen molar-refractivity contribution >= 4 is 49.4 Å². The minimum atomic E-state index is 0.183. The molecule has 1 aliphatic carbocycles. The molecule has 2 unspecified atom stereocenters. The van der Waals surface area contributed by atoms with E-state index >= 15 is 0 Å². The molecule has 4 heteroatoms. The minimum absolute atomic E-state index is 0.183. The van der Waals surface area contributed by atoms with E-state index in [1.807, 2.05) is 12.1 Å². The Morgan fingerprint density at radius 1 is 0.659 bits per heavy atom. The largest absolute Gasteiger partial charge is 0.455 e. The van der Waals surface area contributed by atoms with E-state index in [9.17, 15) is 0 Å². The van der Waals surface area contributed by atoms with Crippen molar-refractivity contribution < 1.29 is 4.42 Å². The molecular weight excluding hydrogens is 538 g/mol. The van der Waals surface area contributed by atoms with Gasteiger partial charge >= 0.3 is 0 Å². The summed E-state index contributed by atoms with van der Waals surface area (Å²) in [4.78, 5) is 12.7. The molecule has 1 aliphatic heterocycles. The van der Waals surface area contributed by atoms with E-state index in [2.05, 4.69) is 133 Å². The number of likely N-dealkylation sites (N-methyl/N-ethyl adjacent to an activating group) is 1. The van der Waals surface area contributed by atoms with Crippen molar-refractivity contribution in [1.82, 2.24) is 9.88 Å². The smallest absolute Gasteiger partial charge is 0.144 e. The van der Waals surface area contributed by atoms with Crippen LogP contribution in [0.15, 0.2) is 143 Å². The van der Waals surface area contributed by atoms with Gasteiger partial charge in [-0.3, -0.25) is 4.99 Å². The average molecular weight is 568 g/mol. The van der Waals surface area contributed by atoms with Crippen molar-refractivity contribution in [3.05, 3.63) is 139 Å². The molecule has 7 aromatic rings. The van der Waals surface area contributed by atoms with Crippen LogP contribution in [0.3, 0.4) is 0 Å². The van der Waals surface area contributed by atoms with E-state index in [-0.39, 0.29) is 6.04 Å². The number of pyridine rings is 1. The first-order chi connectivity index (χ1) is 21.8. The summed E-state index contributed by atoms with van der Waals surface area (Å²) < 4.78 is 6.49. The second-order valence-corrected chi connectivity index (χ2v) is 11.6. The lowest BCUT2D eigenvalue weighted by atomic mass is 9.96. The normalized spacial score (nSPS) is 17.7. The fraction of sp³-hybridized carbons (Fsp3) is 0.100. The van der Waals surface area contributed by atoms with E-state index in [1.165, 1.54) is 11.1 Å². The van der Waals surface area contributed by atoms with Gasteiger partial charge in [-0.25, -0.2) is 4.98 Å². The predicted octanol–water partition coefficient (Wildman–Crippen LogP) is 9.57. The number of amidine groups is 1. The third kappa shape index (κ3) is 3.77. The summed E-state index contributed by atoms with van der Waals surface area (Å²) >= 11 is 0. The van der Waals surface area contributed by atoms with Crippen LogP contribution in [-0.2, 0) is 0 Å². The van der Waals surface area contributed by atoms with Crippen molar-refractivity contribution in [2.45, 2.75) is 19.0 Å². The Bertz CT molecular complexity index is 2340. The number of nitrogens with zero attached hydrogens (tertiary/aromatic N) is 3. The molecule has 0 amide bonds. The van der Waals surface area contributed by atoms with Gasteiger partial charge in [0, 0.05) is 44.6 Å². The first-order valence-corrected chi connectivity index (χ1v) is 15.3. The lowest BCUT2D eigenvalue weighted by Crippen LogP contribution is -2.38. The van der Waals surface area contributed by atoms with Crippen molar-refractivity contribution in [2.75, 3.05) is 6.54 Å². The van der Waals surface area contributed by atoms with Crippen LogP contribution in [0, 0.1) is 0 Å². The molecule has 0 bridgehead atoms. The molecule has 44 heavy (non-hydrogen) atoms. The first-order valence-electron chi connectivity index (χ1n) is 15.3. The molecule has 5 aromatic carbocycles. The lowest BCUT2D eigenvalue weighted by molar-refractivity contribution is 0.387. The zero-order valence-electron chi connectivity index (χ0n) is 24.3. The second-order valence-electron chi connectivity index (χ2n) is 11.6. The molecule has 3 heterocycles. The van der Waals surface area contributed by atoms with Crippen LogP contribution in [0.2, 0.25) is 0 Å². The van der Waals surface area contributed by atoms with E-state index in [4.69, 9.17) is 14.4 Å². The van der Waals surface area contributed by atoms with Crippen molar-refractivity contribution in [3.8, 4) is 22.4 Å². The lowest BCUT2D eigenvalue weighted by Gasteiger charge is -2.27. The summed E-state index contributed by atoms with van der Waals surface area (Å²) in [5.74, 6) is 1.07. The highest BCUT2D eigenvalue weighted by Gasteiger charge is 2.33. The van der Waals surface area contributed by atoms with Gasteiger partial charge in [0.25, 0.3) is 0 Å². The number of rotatable bonds is 4. The summed E-state index contributed by atoms with van der Waals surface area (Å²) in [5.41, 5.74) is 8.32. The van der Waals surface area contributed by atoms with Gasteiger partial charge in [0.05, 0.1) is 23.3 Å². The minimum Gasteiger partial charge on any atom is -0.455 e. The number of para-hydroxylation sites is 2. The molecule has 0 N–H and O–H groups in total. The number of aromatic nitrogens is 1. The topological polar surface area (TPSA) is 41.6 Å². The molecule has 0 saturated heterocycles. The van der Waals surface area contributed by atoms with Gasteiger partial charge in [0.1, 0.15) is 17.0 Å². The Balaban J connectivity index is 1.14. The highest BCUT2D eigenvalue weighted by Crippen LogP contribution is 2.40. The summed E-state index contributed by atoms with van der Waals surface area (Å²) in [5, 5.41) is 5.57. The zero-order chi connectivity index (χ0) is 29.2. The maximum absolute atomic E-state index is 6.49. The molecule has 2 aromatic heterocycles. The van der Waals surface area contributed by atoms with Gasteiger partial charge in [-0.05, 0) is 42.3 Å². The fourth-order valence-electron chi connectivity index (χ4n) is 7.04. The Kier molecular flexibility index (Phi) is 5.57. The third-order valence-electron chi connectivity index (χ3n) is 9.14. The molecule has 2 aliphatic rings. The third-order valence-corrected chi connectivity index (χ3v) is 9.14. The number of hydrogen-bond donors (Lipinski definition) is 0. The summed E-state index contributed by atoms with van der Waals surface area (Å²) in [6.07, 6.45) is 8.70. The van der Waals surface area contributed by atoms with Gasteiger partial charge in [0.2, 0.25) is 0 Å². The summed E-state index contributed by atoms with van der Waals surface area (Å²) in [7, 11) is 0. The summed E-state index contributed by atoms with van der Waals surface area (Å²) in [6.45, 7) is 3.13. The van der Waals surface area contributed by atoms with Crippen LogP contribution in [-0.4, -0.2) is 34.3 Å². The molecule has 0 spiro atoms. The van der Waals surface area contributed by atoms with Gasteiger partial charge in [0.15, 0.2) is 0 Å². The van der Waals surface area contributed by atoms with Crippen LogP contribution in [0.1, 0.15) is 12.5 Å². The van der Waals surface area contributed by atoms with Crippen molar-refractivity contribution in [1.29, 1.82) is 0 Å². The van der Waals surface area contributed by atoms with Crippen LogP contribution < -0.4 is 0 Å². The number of aliphatic imine (C=N–C) groups is 1. The summed E-state index contributed by atoms with van der Waals surface area (Å²) in [6, 6.07) is 39.0. The standard InChI is InChI=1S/C40H29N3O/c1-2-43-35-16-7-6-15-34(35)42-40(43)28-11-9-10-27(24-28)25-18-20-26(21-19-25)38-32-23-22-30-29-12-4-8-17-36(29)44-39(30)37(32)31-13-3-5-14-33(31)41-38/h3-24,34-35H,2H2,1H3. The molecule has 0 saturated carbocycles. The van der Waals surface area contributed by atoms with E-state index in [1.54, 1.807) is 0 Å². The van der Waals surface area contributed by atoms with E-state index in [0.717, 1.165) is 72.8 Å². The number of allylic oxidation sites excluding steroid dienone is 2. The van der Waals surface area contributed by atoms with Crippen LogP contribution >= 0.6 is 0 Å². The van der Waals surface area contributed by atoms with Crippen molar-refractivity contribution in [2.24, 2.45) is 4.99 Å². The highest BCUT2D eigenvalue weighted by atomic mass is 16.3. The monoisotopic (exact) mass is 567 g/mol. The van der Waals surface area contributed by atoms with Gasteiger partial charge in [-0.15, -0.1) is 0 Å². The van der Waals surface area contributed by atoms with Crippen LogP contribution in [0.5, 0.6) is 0 Å². The molecule has 210 valence electrons. The average Bonchev–Trinajstić information content (AvgIpc) is 3.66. The number of hydrogen-bond acceptors (Lipinski definition) is 4. The molecule has 4 nitrogen and oxygen atoms in total. The zero-order valence-corrected chi connectivity index (χ0v) is 24.3. The van der Waals surface area contributed by atoms with E-state index in [0.29, 0.717) is 6.04 Å². The number of benzene rings is 5. The molecule has 0 fully saturated rings. The molecule has 0 radical (unpaired) electrons. The SMILES string of the molecule is CCN1C(c2cccc(-c3ccc(-c4nc5ccccc5c5c4ccc4c6ccccc6oc45)cc3)c2)=NC2C=CC=CC21. The highest BCUT2D eigenvalue weighted by molar-refractivity contribution is 6.24. The van der Waals surface area contributed by atoms with E-state index < -0.39 is 0 Å². The fourth-order valence-corrected chi connectivity index (χ4v) is 7.04. The van der Waals surface area contributed by atoms with Crippen molar-refractivity contribution in [3.63, 3.8) is 0 Å². The predicted molar refractivity (Wildman–Crippen MR) is 182 cm³/mol. The van der Waals surface area contributed by atoms with Gasteiger partial charge in [-0.1, -0.05) is 109 Å². The quantitative estimate of drug-likeness (QED) is 0.199. The molecular formula is C40H29N3O. The Morgan fingerprint density at radius 2 is 1.41 bits per heavy atom.